The first-order chi connectivity index (χ1) is 8.92. The van der Waals surface area contributed by atoms with Crippen LogP contribution < -0.4 is 4.74 Å². The second-order valence-corrected chi connectivity index (χ2v) is 5.47. The van der Waals surface area contributed by atoms with Crippen molar-refractivity contribution in [3.05, 3.63) is 36.4 Å². The number of ether oxygens (including phenoxy) is 2. The maximum atomic E-state index is 10.7. The Balaban J connectivity index is 2.39. The maximum Gasteiger partial charge on any atom is 0.264 e. The molecule has 0 aliphatic heterocycles. The first-order valence-electron chi connectivity index (χ1n) is 5.76. The fourth-order valence-corrected chi connectivity index (χ4v) is 1.74. The normalized spacial score (nSPS) is 12.9. The van der Waals surface area contributed by atoms with Crippen LogP contribution >= 0.6 is 0 Å². The van der Waals surface area contributed by atoms with Crippen molar-refractivity contribution in [1.82, 2.24) is 0 Å². The molecule has 0 aromatic heterocycles. The molecule has 1 aromatic rings. The molecule has 19 heavy (non-hydrogen) atoms. The molecule has 0 amide bonds. The van der Waals surface area contributed by atoms with Crippen LogP contribution in [0, 0.1) is 0 Å². The molecule has 6 heteroatoms. The summed E-state index contributed by atoms with van der Waals surface area (Å²) < 4.78 is 36.9. The molecule has 1 rings (SSSR count). The molecule has 5 nitrogen and oxygen atoms in total. The van der Waals surface area contributed by atoms with Crippen molar-refractivity contribution in [3.8, 4) is 5.75 Å². The third-order valence-corrected chi connectivity index (χ3v) is 2.76. The van der Waals surface area contributed by atoms with Crippen LogP contribution in [0.4, 0.5) is 0 Å². The zero-order valence-electron chi connectivity index (χ0n) is 11.0. The van der Waals surface area contributed by atoms with Crippen molar-refractivity contribution < 1.29 is 22.1 Å². The van der Waals surface area contributed by atoms with E-state index >= 15 is 0 Å². The molecule has 0 radical (unpaired) electrons. The average molecular weight is 286 g/mol. The van der Waals surface area contributed by atoms with E-state index in [2.05, 4.69) is 10.8 Å². The van der Waals surface area contributed by atoms with E-state index in [0.29, 0.717) is 5.75 Å². The Morgan fingerprint density at radius 2 is 2.00 bits per heavy atom. The molecule has 0 aliphatic carbocycles. The van der Waals surface area contributed by atoms with Gasteiger partial charge in [-0.15, -0.1) is 0 Å². The average Bonchev–Trinajstić information content (AvgIpc) is 2.34. The van der Waals surface area contributed by atoms with Gasteiger partial charge in [-0.25, -0.2) is 0 Å². The highest BCUT2D eigenvalue weighted by Gasteiger charge is 2.07. The van der Waals surface area contributed by atoms with Gasteiger partial charge >= 0.3 is 0 Å². The predicted octanol–water partition coefficient (Wildman–Crippen LogP) is 2.05. The van der Waals surface area contributed by atoms with E-state index < -0.39 is 16.4 Å². The van der Waals surface area contributed by atoms with E-state index in [9.17, 15) is 8.42 Å². The van der Waals surface area contributed by atoms with Gasteiger partial charge in [0, 0.05) is 5.56 Å². The van der Waals surface area contributed by atoms with Gasteiger partial charge in [0.05, 0.1) is 19.5 Å². The first kappa shape index (κ1) is 15.7. The standard InChI is InChI=1S/C13H18O5S/c1-4-12-7-5-6-8-13(12)18-11(2)16-9-10-17-19(3,14)15/h4-8,11H,1,9-10H2,2-3H3. The fraction of sp³-hybridized carbons (Fsp3) is 0.385. The topological polar surface area (TPSA) is 61.8 Å². The Labute approximate surface area is 113 Å². The Morgan fingerprint density at radius 3 is 2.63 bits per heavy atom. The Kier molecular flexibility index (Phi) is 6.01. The largest absolute Gasteiger partial charge is 0.465 e. The third-order valence-electron chi connectivity index (χ3n) is 2.17. The van der Waals surface area contributed by atoms with Crippen LogP contribution in [0.2, 0.25) is 0 Å². The summed E-state index contributed by atoms with van der Waals surface area (Å²) in [5.41, 5.74) is 0.866. The molecule has 106 valence electrons. The highest BCUT2D eigenvalue weighted by atomic mass is 32.2. The summed E-state index contributed by atoms with van der Waals surface area (Å²) in [7, 11) is -3.43. The minimum absolute atomic E-state index is 0.0321. The molecule has 0 spiro atoms. The van der Waals surface area contributed by atoms with Gasteiger partial charge in [0.15, 0.2) is 6.29 Å². The van der Waals surface area contributed by atoms with E-state index in [1.54, 1.807) is 13.0 Å². The summed E-state index contributed by atoms with van der Waals surface area (Å²) >= 11 is 0. The lowest BCUT2D eigenvalue weighted by atomic mass is 10.2. The van der Waals surface area contributed by atoms with Crippen LogP contribution in [0.3, 0.4) is 0 Å². The zero-order chi connectivity index (χ0) is 14.3. The van der Waals surface area contributed by atoms with Crippen LogP contribution in [-0.2, 0) is 19.0 Å². The highest BCUT2D eigenvalue weighted by molar-refractivity contribution is 7.85. The monoisotopic (exact) mass is 286 g/mol. The summed E-state index contributed by atoms with van der Waals surface area (Å²) in [5, 5.41) is 0. The Bertz CT molecular complexity index is 510. The van der Waals surface area contributed by atoms with Crippen molar-refractivity contribution in [1.29, 1.82) is 0 Å². The van der Waals surface area contributed by atoms with E-state index in [1.807, 2.05) is 24.3 Å². The summed E-state index contributed by atoms with van der Waals surface area (Å²) in [6.45, 7) is 5.51. The van der Waals surface area contributed by atoms with Crippen LogP contribution in [0.1, 0.15) is 12.5 Å². The summed E-state index contributed by atoms with van der Waals surface area (Å²) in [6.07, 6.45) is 2.17. The number of hydrogen-bond acceptors (Lipinski definition) is 5. The number of benzene rings is 1. The summed E-state index contributed by atoms with van der Waals surface area (Å²) in [5.74, 6) is 0.661. The van der Waals surface area contributed by atoms with Crippen molar-refractivity contribution in [2.24, 2.45) is 0 Å². The van der Waals surface area contributed by atoms with Gasteiger partial charge < -0.3 is 9.47 Å². The molecule has 0 heterocycles. The smallest absolute Gasteiger partial charge is 0.264 e. The molecule has 0 aliphatic rings. The van der Waals surface area contributed by atoms with E-state index in [0.717, 1.165) is 11.8 Å². The van der Waals surface area contributed by atoms with E-state index in [4.69, 9.17) is 9.47 Å². The molecule has 0 saturated carbocycles. The lowest BCUT2D eigenvalue weighted by Gasteiger charge is -2.16. The number of rotatable bonds is 8. The van der Waals surface area contributed by atoms with E-state index in [-0.39, 0.29) is 13.2 Å². The van der Waals surface area contributed by atoms with Gasteiger partial charge in [0.2, 0.25) is 0 Å². The van der Waals surface area contributed by atoms with Crippen LogP contribution in [-0.4, -0.2) is 34.2 Å². The van der Waals surface area contributed by atoms with Gasteiger partial charge in [-0.3, -0.25) is 4.18 Å². The van der Waals surface area contributed by atoms with Crippen LogP contribution in [0.15, 0.2) is 30.8 Å². The SMILES string of the molecule is C=Cc1ccccc1OC(C)OCCOS(C)(=O)=O. The minimum Gasteiger partial charge on any atom is -0.465 e. The van der Waals surface area contributed by atoms with Crippen LogP contribution in [0.25, 0.3) is 6.08 Å². The lowest BCUT2D eigenvalue weighted by Crippen LogP contribution is -2.20. The van der Waals surface area contributed by atoms with Gasteiger partial charge in [-0.2, -0.15) is 8.42 Å². The van der Waals surface area contributed by atoms with Crippen molar-refractivity contribution in [2.45, 2.75) is 13.2 Å². The highest BCUT2D eigenvalue weighted by Crippen LogP contribution is 2.20. The van der Waals surface area contributed by atoms with Crippen molar-refractivity contribution >= 4 is 16.2 Å². The zero-order valence-corrected chi connectivity index (χ0v) is 11.9. The Morgan fingerprint density at radius 1 is 1.32 bits per heavy atom. The minimum atomic E-state index is -3.43. The molecule has 0 fully saturated rings. The molecular formula is C13H18O5S. The van der Waals surface area contributed by atoms with Gasteiger partial charge in [0.25, 0.3) is 10.1 Å². The summed E-state index contributed by atoms with van der Waals surface area (Å²) in [6, 6.07) is 7.42. The van der Waals surface area contributed by atoms with Gasteiger partial charge in [-0.1, -0.05) is 30.9 Å². The molecule has 0 saturated heterocycles. The predicted molar refractivity (Wildman–Crippen MR) is 73.4 cm³/mol. The fourth-order valence-electron chi connectivity index (χ4n) is 1.37. The molecule has 0 N–H and O–H groups in total. The van der Waals surface area contributed by atoms with Crippen LogP contribution in [0.5, 0.6) is 5.75 Å². The van der Waals surface area contributed by atoms with Crippen molar-refractivity contribution in [3.63, 3.8) is 0 Å². The number of hydrogen-bond donors (Lipinski definition) is 0. The third kappa shape index (κ3) is 6.37. The lowest BCUT2D eigenvalue weighted by molar-refractivity contribution is -0.0735. The second kappa shape index (κ2) is 7.28. The molecule has 0 bridgehead atoms. The Hall–Kier alpha value is -1.37. The maximum absolute atomic E-state index is 10.7. The summed E-state index contributed by atoms with van der Waals surface area (Å²) in [4.78, 5) is 0. The molecule has 1 unspecified atom stereocenters. The van der Waals surface area contributed by atoms with E-state index in [1.165, 1.54) is 0 Å². The second-order valence-electron chi connectivity index (χ2n) is 3.82. The number of para-hydroxylation sites is 1. The molecule has 1 aromatic carbocycles. The van der Waals surface area contributed by atoms with Crippen molar-refractivity contribution in [2.75, 3.05) is 19.5 Å². The van der Waals surface area contributed by atoms with Gasteiger partial charge in [-0.05, 0) is 13.0 Å². The first-order valence-corrected chi connectivity index (χ1v) is 7.58. The molecule has 1 atom stereocenters. The molecular weight excluding hydrogens is 268 g/mol. The quantitative estimate of drug-likeness (QED) is 0.416. The van der Waals surface area contributed by atoms with Gasteiger partial charge in [0.1, 0.15) is 5.75 Å².